The Balaban J connectivity index is 4.20. The van der Waals surface area contributed by atoms with Crippen molar-refractivity contribution >= 4 is 17.9 Å². The fraction of sp³-hybridized carbons (Fsp3) is 0.757. The number of esters is 3. The van der Waals surface area contributed by atoms with Gasteiger partial charge in [-0.2, -0.15) is 0 Å². The number of allylic oxidation sites excluding steroid dienone is 14. The summed E-state index contributed by atoms with van der Waals surface area (Å²) in [5.74, 6) is -0.866. The Morgan fingerprint density at radius 2 is 0.513 bits per heavy atom. The second-order valence-corrected chi connectivity index (χ2v) is 21.7. The van der Waals surface area contributed by atoms with E-state index in [0.717, 1.165) is 109 Å². The number of hydrogen-bond acceptors (Lipinski definition) is 6. The first-order chi connectivity index (χ1) is 37.5. The van der Waals surface area contributed by atoms with Crippen molar-refractivity contribution in [2.45, 2.75) is 329 Å². The van der Waals surface area contributed by atoms with Gasteiger partial charge in [0.2, 0.25) is 0 Å². The molecule has 0 aromatic heterocycles. The van der Waals surface area contributed by atoms with Gasteiger partial charge in [0.25, 0.3) is 0 Å². The molecule has 0 spiro atoms. The highest BCUT2D eigenvalue weighted by atomic mass is 16.6. The number of ether oxygens (including phenoxy) is 3. The zero-order chi connectivity index (χ0) is 55.0. The van der Waals surface area contributed by atoms with E-state index in [1.54, 1.807) is 0 Å². The molecule has 6 nitrogen and oxygen atoms in total. The van der Waals surface area contributed by atoms with E-state index in [1.165, 1.54) is 173 Å². The van der Waals surface area contributed by atoms with Crippen LogP contribution in [0.1, 0.15) is 323 Å². The van der Waals surface area contributed by atoms with Crippen LogP contribution in [0.5, 0.6) is 0 Å². The van der Waals surface area contributed by atoms with E-state index in [9.17, 15) is 14.4 Å². The Hall–Kier alpha value is -3.41. The van der Waals surface area contributed by atoms with Crippen molar-refractivity contribution in [3.05, 3.63) is 85.1 Å². The lowest BCUT2D eigenvalue weighted by Gasteiger charge is -2.18. The molecule has 1 atom stereocenters. The molecule has 0 saturated heterocycles. The predicted octanol–water partition coefficient (Wildman–Crippen LogP) is 22.3. The zero-order valence-corrected chi connectivity index (χ0v) is 50.3. The normalized spacial score (nSPS) is 12.6. The highest BCUT2D eigenvalue weighted by molar-refractivity contribution is 5.71. The monoisotopic (exact) mass is 1060 g/mol. The molecule has 0 bridgehead atoms. The van der Waals surface area contributed by atoms with Crippen molar-refractivity contribution in [2.75, 3.05) is 13.2 Å². The molecule has 76 heavy (non-hydrogen) atoms. The smallest absolute Gasteiger partial charge is 0.306 e. The molecule has 1 unspecified atom stereocenters. The molecule has 0 rings (SSSR count). The van der Waals surface area contributed by atoms with Crippen LogP contribution in [0, 0.1) is 0 Å². The third kappa shape index (κ3) is 61.4. The molecule has 0 aliphatic heterocycles. The fourth-order valence-corrected chi connectivity index (χ4v) is 9.31. The molecule has 0 amide bonds. The van der Waals surface area contributed by atoms with Crippen molar-refractivity contribution in [1.82, 2.24) is 0 Å². The third-order valence-corrected chi connectivity index (χ3v) is 14.2. The molecule has 0 N–H and O–H groups in total. The molecular formula is C70H122O6. The molecule has 0 radical (unpaired) electrons. The molecule has 438 valence electrons. The summed E-state index contributed by atoms with van der Waals surface area (Å²) in [6, 6.07) is 0. The van der Waals surface area contributed by atoms with Gasteiger partial charge in [-0.05, 0) is 77.0 Å². The standard InChI is InChI=1S/C70H122O6/c1-4-7-10-13-16-19-22-24-26-28-29-30-31-32-33-34-35-36-37-38-39-40-41-43-44-46-48-51-54-57-60-63-69(72)75-66-67(65-74-68(71)62-59-56-53-50-21-18-15-12-9-6-3)76-70(73)64-61-58-55-52-49-47-45-42-27-25-23-20-17-14-11-8-5-2/h7,10,16,19,24,26,29-30,32-33,35-36,38-39,67H,4-6,8-9,11-15,17-18,20-23,25,27-28,31,34,37,40-66H2,1-3H3/b10-7-,19-16-,26-24-,30-29-,33-32-,36-35-,39-38-. The van der Waals surface area contributed by atoms with Crippen LogP contribution in [0.3, 0.4) is 0 Å². The second kappa shape index (κ2) is 64.1. The van der Waals surface area contributed by atoms with Crippen LogP contribution in [-0.4, -0.2) is 37.2 Å². The van der Waals surface area contributed by atoms with E-state index in [2.05, 4.69) is 106 Å². The number of unbranched alkanes of at least 4 members (excludes halogenated alkanes) is 34. The van der Waals surface area contributed by atoms with Gasteiger partial charge in [-0.25, -0.2) is 0 Å². The van der Waals surface area contributed by atoms with E-state index in [-0.39, 0.29) is 31.1 Å². The summed E-state index contributed by atoms with van der Waals surface area (Å²) in [5, 5.41) is 0. The number of carbonyl (C=O) groups is 3. The van der Waals surface area contributed by atoms with Gasteiger partial charge in [-0.15, -0.1) is 0 Å². The van der Waals surface area contributed by atoms with Crippen LogP contribution in [0.25, 0.3) is 0 Å². The first kappa shape index (κ1) is 72.6. The highest BCUT2D eigenvalue weighted by Crippen LogP contribution is 2.17. The van der Waals surface area contributed by atoms with Gasteiger partial charge in [0.1, 0.15) is 13.2 Å². The summed E-state index contributed by atoms with van der Waals surface area (Å²) in [7, 11) is 0. The van der Waals surface area contributed by atoms with E-state index in [4.69, 9.17) is 14.2 Å². The van der Waals surface area contributed by atoms with E-state index >= 15 is 0 Å². The molecule has 0 aliphatic carbocycles. The maximum Gasteiger partial charge on any atom is 0.306 e. The minimum atomic E-state index is -0.775. The van der Waals surface area contributed by atoms with E-state index in [1.807, 2.05) is 0 Å². The predicted molar refractivity (Wildman–Crippen MR) is 330 cm³/mol. The number of hydrogen-bond donors (Lipinski definition) is 0. The highest BCUT2D eigenvalue weighted by Gasteiger charge is 2.19. The molecule has 0 saturated carbocycles. The van der Waals surface area contributed by atoms with Crippen LogP contribution in [0.2, 0.25) is 0 Å². The van der Waals surface area contributed by atoms with Crippen LogP contribution < -0.4 is 0 Å². The van der Waals surface area contributed by atoms with Crippen LogP contribution >= 0.6 is 0 Å². The van der Waals surface area contributed by atoms with Crippen LogP contribution in [0.15, 0.2) is 85.1 Å². The molecule has 0 fully saturated rings. The van der Waals surface area contributed by atoms with Gasteiger partial charge in [-0.3, -0.25) is 14.4 Å². The van der Waals surface area contributed by atoms with Gasteiger partial charge < -0.3 is 14.2 Å². The van der Waals surface area contributed by atoms with Crippen molar-refractivity contribution in [3.8, 4) is 0 Å². The third-order valence-electron chi connectivity index (χ3n) is 14.2. The molecular weight excluding hydrogens is 937 g/mol. The summed E-state index contributed by atoms with van der Waals surface area (Å²) >= 11 is 0. The van der Waals surface area contributed by atoms with Crippen molar-refractivity contribution in [3.63, 3.8) is 0 Å². The Labute approximate surface area is 471 Å². The van der Waals surface area contributed by atoms with Gasteiger partial charge in [-0.1, -0.05) is 311 Å². The summed E-state index contributed by atoms with van der Waals surface area (Å²) in [6.07, 6.45) is 84.5. The Morgan fingerprint density at radius 1 is 0.276 bits per heavy atom. The Kier molecular flexibility index (Phi) is 61.2. The lowest BCUT2D eigenvalue weighted by Crippen LogP contribution is -2.30. The van der Waals surface area contributed by atoms with Crippen molar-refractivity contribution in [2.24, 2.45) is 0 Å². The molecule has 0 aliphatic rings. The molecule has 0 heterocycles. The van der Waals surface area contributed by atoms with E-state index < -0.39 is 6.10 Å². The Morgan fingerprint density at radius 3 is 0.803 bits per heavy atom. The van der Waals surface area contributed by atoms with Crippen LogP contribution in [0.4, 0.5) is 0 Å². The maximum absolute atomic E-state index is 12.9. The van der Waals surface area contributed by atoms with Gasteiger partial charge in [0.05, 0.1) is 0 Å². The van der Waals surface area contributed by atoms with Gasteiger partial charge >= 0.3 is 17.9 Å². The largest absolute Gasteiger partial charge is 0.462 e. The van der Waals surface area contributed by atoms with Gasteiger partial charge in [0, 0.05) is 19.3 Å². The van der Waals surface area contributed by atoms with Crippen LogP contribution in [-0.2, 0) is 28.6 Å². The summed E-state index contributed by atoms with van der Waals surface area (Å²) < 4.78 is 16.9. The average Bonchev–Trinajstić information content (AvgIpc) is 3.42. The summed E-state index contributed by atoms with van der Waals surface area (Å²) in [4.78, 5) is 38.2. The topological polar surface area (TPSA) is 78.9 Å². The van der Waals surface area contributed by atoms with Gasteiger partial charge in [0.15, 0.2) is 6.10 Å². The summed E-state index contributed by atoms with van der Waals surface area (Å²) in [5.41, 5.74) is 0. The maximum atomic E-state index is 12.9. The zero-order valence-electron chi connectivity index (χ0n) is 50.3. The first-order valence-corrected chi connectivity index (χ1v) is 32.6. The first-order valence-electron chi connectivity index (χ1n) is 32.6. The second-order valence-electron chi connectivity index (χ2n) is 21.7. The fourth-order valence-electron chi connectivity index (χ4n) is 9.31. The molecule has 6 heteroatoms. The lowest BCUT2D eigenvalue weighted by molar-refractivity contribution is -0.167. The van der Waals surface area contributed by atoms with Crippen molar-refractivity contribution < 1.29 is 28.6 Å². The van der Waals surface area contributed by atoms with Crippen molar-refractivity contribution in [1.29, 1.82) is 0 Å². The molecule has 0 aromatic carbocycles. The lowest BCUT2D eigenvalue weighted by atomic mass is 10.0. The Bertz CT molecular complexity index is 1450. The minimum absolute atomic E-state index is 0.0730. The molecule has 0 aromatic rings. The average molecular weight is 1060 g/mol. The number of carbonyl (C=O) groups excluding carboxylic acids is 3. The quantitative estimate of drug-likeness (QED) is 0.0261. The summed E-state index contributed by atoms with van der Waals surface area (Å²) in [6.45, 7) is 6.55. The minimum Gasteiger partial charge on any atom is -0.462 e. The SMILES string of the molecule is CC/C=C\C/C=C\C/C=C\C/C=C\C/C=C\C/C=C\C/C=C\CCCCCCCCCCCC(=O)OCC(COC(=O)CCCCCCCCCCCC)OC(=O)CCCCCCCCCCCCCCCCCCC. The number of rotatable bonds is 59. The van der Waals surface area contributed by atoms with E-state index in [0.29, 0.717) is 19.3 Å².